The minimum absolute atomic E-state index is 0.448. The minimum atomic E-state index is 0.448. The van der Waals surface area contributed by atoms with Crippen LogP contribution in [-0.2, 0) is 11.2 Å². The van der Waals surface area contributed by atoms with E-state index in [1.54, 1.807) is 0 Å². The van der Waals surface area contributed by atoms with Crippen LogP contribution in [-0.4, -0.2) is 18.6 Å². The van der Waals surface area contributed by atoms with E-state index in [0.717, 1.165) is 25.3 Å². The molecule has 2 rings (SSSR count). The molecule has 2 unspecified atom stereocenters. The average Bonchev–Trinajstić information content (AvgIpc) is 2.81. The summed E-state index contributed by atoms with van der Waals surface area (Å²) >= 11 is 6.08. The van der Waals surface area contributed by atoms with Gasteiger partial charge in [0.05, 0.1) is 6.10 Å². The van der Waals surface area contributed by atoms with Crippen molar-refractivity contribution in [2.75, 3.05) is 12.5 Å². The van der Waals surface area contributed by atoms with Crippen LogP contribution < -0.4 is 0 Å². The highest BCUT2D eigenvalue weighted by Crippen LogP contribution is 2.23. The summed E-state index contributed by atoms with van der Waals surface area (Å²) in [5.41, 5.74) is 2.72. The number of benzene rings is 1. The van der Waals surface area contributed by atoms with Crippen LogP contribution in [0.25, 0.3) is 0 Å². The van der Waals surface area contributed by atoms with Crippen molar-refractivity contribution < 1.29 is 4.74 Å². The highest BCUT2D eigenvalue weighted by molar-refractivity contribution is 6.18. The lowest BCUT2D eigenvalue weighted by molar-refractivity contribution is 0.0922. The van der Waals surface area contributed by atoms with Crippen molar-refractivity contribution in [1.29, 1.82) is 0 Å². The van der Waals surface area contributed by atoms with E-state index in [1.165, 1.54) is 24.0 Å². The molecule has 0 aliphatic carbocycles. The lowest BCUT2D eigenvalue weighted by Gasteiger charge is -2.18. The van der Waals surface area contributed by atoms with E-state index in [1.807, 2.05) is 0 Å². The van der Waals surface area contributed by atoms with Gasteiger partial charge in [-0.25, -0.2) is 0 Å². The first-order valence-corrected chi connectivity index (χ1v) is 7.04. The van der Waals surface area contributed by atoms with Gasteiger partial charge in [0.2, 0.25) is 0 Å². The number of ether oxygens (including phenoxy) is 1. The summed E-state index contributed by atoms with van der Waals surface area (Å²) < 4.78 is 5.69. The van der Waals surface area contributed by atoms with Gasteiger partial charge in [-0.2, -0.15) is 0 Å². The zero-order chi connectivity index (χ0) is 12.1. The van der Waals surface area contributed by atoms with Gasteiger partial charge in [0.25, 0.3) is 0 Å². The summed E-state index contributed by atoms with van der Waals surface area (Å²) in [6.45, 7) is 3.07. The monoisotopic (exact) mass is 252 g/mol. The first-order chi connectivity index (χ1) is 8.28. The second-order valence-corrected chi connectivity index (χ2v) is 5.39. The predicted octanol–water partition coefficient (Wildman–Crippen LogP) is 3.96. The Morgan fingerprint density at radius 1 is 1.47 bits per heavy atom. The van der Waals surface area contributed by atoms with Crippen LogP contribution in [0.2, 0.25) is 0 Å². The molecule has 1 aliphatic rings. The Kier molecular flexibility index (Phi) is 4.87. The van der Waals surface area contributed by atoms with E-state index in [9.17, 15) is 0 Å². The van der Waals surface area contributed by atoms with Crippen molar-refractivity contribution in [2.45, 2.75) is 38.7 Å². The van der Waals surface area contributed by atoms with E-state index >= 15 is 0 Å². The number of aryl methyl sites for hydroxylation is 1. The van der Waals surface area contributed by atoms with Gasteiger partial charge in [-0.1, -0.05) is 29.8 Å². The molecule has 94 valence electrons. The summed E-state index contributed by atoms with van der Waals surface area (Å²) in [6, 6.07) is 8.72. The quantitative estimate of drug-likeness (QED) is 0.721. The summed E-state index contributed by atoms with van der Waals surface area (Å²) in [6.07, 6.45) is 5.05. The van der Waals surface area contributed by atoms with Gasteiger partial charge in [0.15, 0.2) is 0 Å². The Labute approximate surface area is 109 Å². The minimum Gasteiger partial charge on any atom is -0.378 e. The van der Waals surface area contributed by atoms with Crippen molar-refractivity contribution >= 4 is 11.6 Å². The third-order valence-corrected chi connectivity index (χ3v) is 3.88. The molecule has 1 aromatic rings. The molecule has 1 heterocycles. The van der Waals surface area contributed by atoms with Crippen LogP contribution in [0, 0.1) is 12.8 Å². The molecule has 0 amide bonds. The second-order valence-electron chi connectivity index (χ2n) is 5.08. The molecule has 1 nitrogen and oxygen atoms in total. The summed E-state index contributed by atoms with van der Waals surface area (Å²) in [7, 11) is 0. The third kappa shape index (κ3) is 4.01. The third-order valence-electron chi connectivity index (χ3n) is 3.45. The van der Waals surface area contributed by atoms with Gasteiger partial charge >= 0.3 is 0 Å². The maximum Gasteiger partial charge on any atom is 0.0579 e. The standard InChI is InChI=1S/C15H21ClO/c1-12-4-2-5-13(8-12)9-14(11-16)10-15-6-3-7-17-15/h2,4-5,8,14-15H,3,6-7,9-11H2,1H3. The molecule has 0 spiro atoms. The van der Waals surface area contributed by atoms with Crippen molar-refractivity contribution in [3.05, 3.63) is 35.4 Å². The highest BCUT2D eigenvalue weighted by atomic mass is 35.5. The normalized spacial score (nSPS) is 21.6. The topological polar surface area (TPSA) is 9.23 Å². The van der Waals surface area contributed by atoms with Crippen LogP contribution in [0.4, 0.5) is 0 Å². The van der Waals surface area contributed by atoms with Crippen molar-refractivity contribution in [2.24, 2.45) is 5.92 Å². The molecule has 2 atom stereocenters. The van der Waals surface area contributed by atoms with Crippen LogP contribution in [0.15, 0.2) is 24.3 Å². The molecule has 0 N–H and O–H groups in total. The first kappa shape index (κ1) is 12.9. The zero-order valence-corrected chi connectivity index (χ0v) is 11.2. The molecular weight excluding hydrogens is 232 g/mol. The molecule has 0 aromatic heterocycles. The average molecular weight is 253 g/mol. The van der Waals surface area contributed by atoms with E-state index in [0.29, 0.717) is 12.0 Å². The van der Waals surface area contributed by atoms with E-state index in [4.69, 9.17) is 16.3 Å². The molecular formula is C15H21ClO. The van der Waals surface area contributed by atoms with E-state index in [-0.39, 0.29) is 0 Å². The largest absolute Gasteiger partial charge is 0.378 e. The van der Waals surface area contributed by atoms with Crippen LogP contribution >= 0.6 is 11.6 Å². The predicted molar refractivity (Wildman–Crippen MR) is 72.7 cm³/mol. The zero-order valence-electron chi connectivity index (χ0n) is 10.5. The van der Waals surface area contributed by atoms with Gasteiger partial charge in [-0.3, -0.25) is 0 Å². The molecule has 1 aliphatic heterocycles. The van der Waals surface area contributed by atoms with Crippen molar-refractivity contribution in [1.82, 2.24) is 0 Å². The molecule has 2 heteroatoms. The maximum absolute atomic E-state index is 6.08. The van der Waals surface area contributed by atoms with Gasteiger partial charge in [-0.05, 0) is 44.1 Å². The summed E-state index contributed by atoms with van der Waals surface area (Å²) in [5, 5.41) is 0. The highest BCUT2D eigenvalue weighted by Gasteiger charge is 2.20. The molecule has 1 aromatic carbocycles. The van der Waals surface area contributed by atoms with Gasteiger partial charge in [0.1, 0.15) is 0 Å². The van der Waals surface area contributed by atoms with Gasteiger partial charge in [0, 0.05) is 12.5 Å². The van der Waals surface area contributed by atoms with Gasteiger partial charge in [-0.15, -0.1) is 11.6 Å². The molecule has 17 heavy (non-hydrogen) atoms. The number of rotatable bonds is 5. The SMILES string of the molecule is Cc1cccc(CC(CCl)CC2CCCO2)c1. The van der Waals surface area contributed by atoms with Crippen molar-refractivity contribution in [3.8, 4) is 0 Å². The number of hydrogen-bond donors (Lipinski definition) is 0. The Bertz CT molecular complexity index is 345. The molecule has 1 saturated heterocycles. The molecule has 1 fully saturated rings. The van der Waals surface area contributed by atoms with Crippen LogP contribution in [0.5, 0.6) is 0 Å². The maximum atomic E-state index is 6.08. The summed E-state index contributed by atoms with van der Waals surface area (Å²) in [5.74, 6) is 1.27. The first-order valence-electron chi connectivity index (χ1n) is 6.51. The smallest absolute Gasteiger partial charge is 0.0579 e. The molecule has 0 radical (unpaired) electrons. The van der Waals surface area contributed by atoms with Gasteiger partial charge < -0.3 is 4.74 Å². The lowest BCUT2D eigenvalue weighted by Crippen LogP contribution is -2.16. The van der Waals surface area contributed by atoms with E-state index in [2.05, 4.69) is 31.2 Å². The number of hydrogen-bond acceptors (Lipinski definition) is 1. The lowest BCUT2D eigenvalue weighted by atomic mass is 9.94. The summed E-state index contributed by atoms with van der Waals surface area (Å²) in [4.78, 5) is 0. The van der Waals surface area contributed by atoms with Crippen LogP contribution in [0.1, 0.15) is 30.4 Å². The fourth-order valence-corrected chi connectivity index (χ4v) is 2.81. The molecule has 0 bridgehead atoms. The second kappa shape index (κ2) is 6.42. The number of halogens is 1. The Morgan fingerprint density at radius 2 is 2.35 bits per heavy atom. The Balaban J connectivity index is 1.90. The Hall–Kier alpha value is -0.530. The Morgan fingerprint density at radius 3 is 3.00 bits per heavy atom. The fraction of sp³-hybridized carbons (Fsp3) is 0.600. The van der Waals surface area contributed by atoms with Crippen LogP contribution in [0.3, 0.4) is 0 Å². The fourth-order valence-electron chi connectivity index (χ4n) is 2.58. The molecule has 0 saturated carbocycles. The van der Waals surface area contributed by atoms with E-state index < -0.39 is 0 Å². The number of alkyl halides is 1. The van der Waals surface area contributed by atoms with Crippen molar-refractivity contribution in [3.63, 3.8) is 0 Å².